The Kier molecular flexibility index (Phi) is 4.42. The molecule has 0 radical (unpaired) electrons. The van der Waals surface area contributed by atoms with Gasteiger partial charge in [-0.05, 0) is 31.8 Å². The highest BCUT2D eigenvalue weighted by Gasteiger charge is 2.20. The van der Waals surface area contributed by atoms with Crippen LogP contribution in [0.3, 0.4) is 0 Å². The molecule has 0 aromatic rings. The Morgan fingerprint density at radius 2 is 1.73 bits per heavy atom. The maximum atomic E-state index is 3.56. The van der Waals surface area contributed by atoms with E-state index in [2.05, 4.69) is 22.0 Å². The van der Waals surface area contributed by atoms with E-state index in [0.717, 1.165) is 5.92 Å². The average molecular weight is 211 g/mol. The predicted octanol–water partition coefficient (Wildman–Crippen LogP) is 0.623. The van der Waals surface area contributed by atoms with Gasteiger partial charge in [0.1, 0.15) is 0 Å². The van der Waals surface area contributed by atoms with E-state index in [1.165, 1.54) is 65.2 Å². The maximum absolute atomic E-state index is 3.56. The molecule has 0 aromatic heterocycles. The van der Waals surface area contributed by atoms with Gasteiger partial charge in [-0.15, -0.1) is 0 Å². The topological polar surface area (TPSA) is 18.5 Å². The zero-order valence-electron chi connectivity index (χ0n) is 10.0. The molecule has 2 rings (SSSR count). The molecular formula is C12H25N3. The Hall–Kier alpha value is -0.120. The molecule has 2 aliphatic rings. The van der Waals surface area contributed by atoms with Crippen molar-refractivity contribution in [3.8, 4) is 0 Å². The largest absolute Gasteiger partial charge is 0.315 e. The van der Waals surface area contributed by atoms with Crippen LogP contribution < -0.4 is 5.32 Å². The summed E-state index contributed by atoms with van der Waals surface area (Å²) in [4.78, 5) is 5.13. The van der Waals surface area contributed by atoms with Crippen LogP contribution in [0.15, 0.2) is 0 Å². The predicted molar refractivity (Wildman–Crippen MR) is 64.1 cm³/mol. The first-order valence-corrected chi connectivity index (χ1v) is 6.54. The molecule has 1 saturated carbocycles. The van der Waals surface area contributed by atoms with Gasteiger partial charge in [-0.2, -0.15) is 0 Å². The summed E-state index contributed by atoms with van der Waals surface area (Å²) in [5, 5.41) is 3.56. The fourth-order valence-electron chi connectivity index (χ4n) is 2.19. The SMILES string of the molecule is CCN1CCN(CCNCC2CC2)CC1. The van der Waals surface area contributed by atoms with Crippen LogP contribution in [0.5, 0.6) is 0 Å². The minimum absolute atomic E-state index is 1.02. The summed E-state index contributed by atoms with van der Waals surface area (Å²) >= 11 is 0. The molecule has 3 heteroatoms. The first-order chi connectivity index (χ1) is 7.38. The van der Waals surface area contributed by atoms with E-state index in [9.17, 15) is 0 Å². The lowest BCUT2D eigenvalue weighted by Crippen LogP contribution is -2.47. The third kappa shape index (κ3) is 4.09. The number of rotatable bonds is 6. The van der Waals surface area contributed by atoms with E-state index >= 15 is 0 Å². The van der Waals surface area contributed by atoms with E-state index in [1.807, 2.05) is 0 Å². The van der Waals surface area contributed by atoms with Crippen LogP contribution >= 0.6 is 0 Å². The number of hydrogen-bond donors (Lipinski definition) is 1. The second kappa shape index (κ2) is 5.83. The Morgan fingerprint density at radius 1 is 1.07 bits per heavy atom. The Labute approximate surface area is 93.8 Å². The summed E-state index contributed by atoms with van der Waals surface area (Å²) in [6, 6.07) is 0. The van der Waals surface area contributed by atoms with Gasteiger partial charge in [0.15, 0.2) is 0 Å². The van der Waals surface area contributed by atoms with Gasteiger partial charge < -0.3 is 10.2 Å². The summed E-state index contributed by atoms with van der Waals surface area (Å²) in [5.74, 6) is 1.02. The third-order valence-electron chi connectivity index (χ3n) is 3.65. The van der Waals surface area contributed by atoms with Crippen molar-refractivity contribution >= 4 is 0 Å². The summed E-state index contributed by atoms with van der Waals surface area (Å²) in [7, 11) is 0. The minimum atomic E-state index is 1.02. The van der Waals surface area contributed by atoms with E-state index in [4.69, 9.17) is 0 Å². The highest BCUT2D eigenvalue weighted by Crippen LogP contribution is 2.27. The van der Waals surface area contributed by atoms with Crippen LogP contribution in [-0.4, -0.2) is 62.2 Å². The molecule has 0 bridgehead atoms. The second-order valence-corrected chi connectivity index (χ2v) is 4.92. The fourth-order valence-corrected chi connectivity index (χ4v) is 2.19. The van der Waals surface area contributed by atoms with Crippen molar-refractivity contribution in [2.75, 3.05) is 52.4 Å². The number of hydrogen-bond acceptors (Lipinski definition) is 3. The van der Waals surface area contributed by atoms with Crippen LogP contribution in [0.1, 0.15) is 19.8 Å². The standard InChI is InChI=1S/C12H25N3/c1-2-14-7-9-15(10-8-14)6-5-13-11-12-3-4-12/h12-13H,2-11H2,1H3. The molecule has 1 heterocycles. The Bertz CT molecular complexity index is 172. The molecule has 0 aromatic carbocycles. The number of nitrogens with zero attached hydrogens (tertiary/aromatic N) is 2. The first kappa shape index (κ1) is 11.4. The van der Waals surface area contributed by atoms with Crippen molar-refractivity contribution in [3.63, 3.8) is 0 Å². The number of nitrogens with one attached hydrogen (secondary N) is 1. The molecule has 0 spiro atoms. The van der Waals surface area contributed by atoms with Crippen LogP contribution in [0.25, 0.3) is 0 Å². The molecule has 88 valence electrons. The van der Waals surface area contributed by atoms with Gasteiger partial charge in [0.25, 0.3) is 0 Å². The smallest absolute Gasteiger partial charge is 0.0110 e. The lowest BCUT2D eigenvalue weighted by atomic mass is 10.3. The van der Waals surface area contributed by atoms with Gasteiger partial charge in [0.2, 0.25) is 0 Å². The van der Waals surface area contributed by atoms with E-state index in [-0.39, 0.29) is 0 Å². The number of piperazine rings is 1. The van der Waals surface area contributed by atoms with Gasteiger partial charge in [-0.3, -0.25) is 4.90 Å². The third-order valence-corrected chi connectivity index (χ3v) is 3.65. The Morgan fingerprint density at radius 3 is 2.33 bits per heavy atom. The average Bonchev–Trinajstić information content (AvgIpc) is 3.09. The minimum Gasteiger partial charge on any atom is -0.315 e. The lowest BCUT2D eigenvalue weighted by Gasteiger charge is -2.34. The summed E-state index contributed by atoms with van der Waals surface area (Å²) in [5.41, 5.74) is 0. The molecule has 1 aliphatic carbocycles. The van der Waals surface area contributed by atoms with Gasteiger partial charge in [0.05, 0.1) is 0 Å². The second-order valence-electron chi connectivity index (χ2n) is 4.92. The van der Waals surface area contributed by atoms with Crippen LogP contribution in [0.2, 0.25) is 0 Å². The van der Waals surface area contributed by atoms with Crippen molar-refractivity contribution in [2.45, 2.75) is 19.8 Å². The van der Waals surface area contributed by atoms with E-state index in [0.29, 0.717) is 0 Å². The van der Waals surface area contributed by atoms with Crippen molar-refractivity contribution in [1.82, 2.24) is 15.1 Å². The molecular weight excluding hydrogens is 186 g/mol. The van der Waals surface area contributed by atoms with Crippen LogP contribution in [0.4, 0.5) is 0 Å². The molecule has 0 atom stereocenters. The fraction of sp³-hybridized carbons (Fsp3) is 1.00. The lowest BCUT2D eigenvalue weighted by molar-refractivity contribution is 0.138. The first-order valence-electron chi connectivity index (χ1n) is 6.54. The monoisotopic (exact) mass is 211 g/mol. The summed E-state index contributed by atoms with van der Waals surface area (Å²) in [6.07, 6.45) is 2.92. The van der Waals surface area contributed by atoms with Crippen molar-refractivity contribution in [2.24, 2.45) is 5.92 Å². The zero-order chi connectivity index (χ0) is 10.5. The zero-order valence-corrected chi connectivity index (χ0v) is 10.0. The molecule has 2 fully saturated rings. The van der Waals surface area contributed by atoms with Crippen molar-refractivity contribution in [1.29, 1.82) is 0 Å². The molecule has 0 amide bonds. The molecule has 15 heavy (non-hydrogen) atoms. The molecule has 1 saturated heterocycles. The van der Waals surface area contributed by atoms with Crippen molar-refractivity contribution in [3.05, 3.63) is 0 Å². The van der Waals surface area contributed by atoms with Crippen molar-refractivity contribution < 1.29 is 0 Å². The highest BCUT2D eigenvalue weighted by molar-refractivity contribution is 4.76. The summed E-state index contributed by atoms with van der Waals surface area (Å²) in [6.45, 7) is 12.2. The quantitative estimate of drug-likeness (QED) is 0.650. The van der Waals surface area contributed by atoms with Gasteiger partial charge in [0, 0.05) is 39.3 Å². The van der Waals surface area contributed by atoms with Gasteiger partial charge >= 0.3 is 0 Å². The normalized spacial score (nSPS) is 24.6. The van der Waals surface area contributed by atoms with E-state index < -0.39 is 0 Å². The highest BCUT2D eigenvalue weighted by atomic mass is 15.3. The van der Waals surface area contributed by atoms with Gasteiger partial charge in [-0.1, -0.05) is 6.92 Å². The Balaban J connectivity index is 1.48. The van der Waals surface area contributed by atoms with Crippen LogP contribution in [0, 0.1) is 5.92 Å². The molecule has 3 nitrogen and oxygen atoms in total. The maximum Gasteiger partial charge on any atom is 0.0110 e. The molecule has 1 aliphatic heterocycles. The summed E-state index contributed by atoms with van der Waals surface area (Å²) < 4.78 is 0. The van der Waals surface area contributed by atoms with E-state index in [1.54, 1.807) is 0 Å². The van der Waals surface area contributed by atoms with Gasteiger partial charge in [-0.25, -0.2) is 0 Å². The molecule has 0 unspecified atom stereocenters. The number of likely N-dealkylation sites (N-methyl/N-ethyl adjacent to an activating group) is 1. The molecule has 1 N–H and O–H groups in total. The van der Waals surface area contributed by atoms with Crippen LogP contribution in [-0.2, 0) is 0 Å².